The Morgan fingerprint density at radius 3 is 2.83 bits per heavy atom. The molecule has 1 aliphatic heterocycles. The van der Waals surface area contributed by atoms with Crippen LogP contribution in [0.25, 0.3) is 0 Å². The van der Waals surface area contributed by atoms with Crippen LogP contribution < -0.4 is 5.32 Å². The maximum absolute atomic E-state index is 13.2. The standard InChI is InChI=1S/C15H16F2N4O3/c16-15(17)5-3-9(4-6-15)12-20-11(24-21-12)8-19-14(23)10-2-1-7-18-13(10)22/h1-2,7,9-10H,3-6,8H2,(H,19,23). The van der Waals surface area contributed by atoms with Crippen molar-refractivity contribution in [3.8, 4) is 0 Å². The first-order chi connectivity index (χ1) is 11.4. The maximum Gasteiger partial charge on any atom is 0.262 e. The second-order valence-corrected chi connectivity index (χ2v) is 5.87. The highest BCUT2D eigenvalue weighted by Crippen LogP contribution is 2.39. The van der Waals surface area contributed by atoms with Gasteiger partial charge in [-0.25, -0.2) is 13.8 Å². The topological polar surface area (TPSA) is 97.5 Å². The summed E-state index contributed by atoms with van der Waals surface area (Å²) in [5.74, 6) is -4.22. The first-order valence-electron chi connectivity index (χ1n) is 7.67. The van der Waals surface area contributed by atoms with Gasteiger partial charge in [0.15, 0.2) is 5.82 Å². The van der Waals surface area contributed by atoms with Gasteiger partial charge >= 0.3 is 0 Å². The molecule has 2 heterocycles. The molecule has 3 rings (SSSR count). The van der Waals surface area contributed by atoms with Crippen LogP contribution in [-0.4, -0.2) is 34.1 Å². The van der Waals surface area contributed by atoms with Crippen molar-refractivity contribution in [2.45, 2.75) is 44.1 Å². The second-order valence-electron chi connectivity index (χ2n) is 5.87. The summed E-state index contributed by atoms with van der Waals surface area (Å²) in [4.78, 5) is 31.1. The summed E-state index contributed by atoms with van der Waals surface area (Å²) in [6.07, 6.45) is 4.53. The third-order valence-corrected chi connectivity index (χ3v) is 4.12. The van der Waals surface area contributed by atoms with E-state index < -0.39 is 23.7 Å². The van der Waals surface area contributed by atoms with E-state index in [1.807, 2.05) is 0 Å². The van der Waals surface area contributed by atoms with Gasteiger partial charge in [-0.1, -0.05) is 11.2 Å². The number of nitrogens with zero attached hydrogens (tertiary/aromatic N) is 3. The van der Waals surface area contributed by atoms with Crippen molar-refractivity contribution in [3.63, 3.8) is 0 Å². The van der Waals surface area contributed by atoms with Crippen LogP contribution >= 0.6 is 0 Å². The summed E-state index contributed by atoms with van der Waals surface area (Å²) in [5.41, 5.74) is 0. The normalized spacial score (nSPS) is 23.4. The second kappa shape index (κ2) is 6.58. The fourth-order valence-electron chi connectivity index (χ4n) is 2.72. The minimum atomic E-state index is -2.61. The summed E-state index contributed by atoms with van der Waals surface area (Å²) in [6, 6.07) is 0. The molecule has 1 aromatic rings. The van der Waals surface area contributed by atoms with Crippen LogP contribution in [0, 0.1) is 5.92 Å². The molecule has 1 aliphatic carbocycles. The molecule has 2 aliphatic rings. The Balaban J connectivity index is 1.53. The Kier molecular flexibility index (Phi) is 4.50. The molecular weight excluding hydrogens is 322 g/mol. The number of hydrogen-bond donors (Lipinski definition) is 1. The summed E-state index contributed by atoms with van der Waals surface area (Å²) < 4.78 is 31.4. The molecule has 1 N–H and O–H groups in total. The number of alkyl halides is 2. The van der Waals surface area contributed by atoms with Crippen molar-refractivity contribution in [3.05, 3.63) is 23.9 Å². The van der Waals surface area contributed by atoms with Gasteiger partial charge in [0.05, 0.1) is 6.54 Å². The van der Waals surface area contributed by atoms with E-state index in [2.05, 4.69) is 20.4 Å². The van der Waals surface area contributed by atoms with Crippen molar-refractivity contribution in [1.82, 2.24) is 15.5 Å². The third-order valence-electron chi connectivity index (χ3n) is 4.12. The van der Waals surface area contributed by atoms with Gasteiger partial charge < -0.3 is 9.84 Å². The van der Waals surface area contributed by atoms with Crippen LogP contribution in [0.15, 0.2) is 21.7 Å². The van der Waals surface area contributed by atoms with Gasteiger partial charge in [-0.15, -0.1) is 0 Å². The minimum Gasteiger partial charge on any atom is -0.346 e. The van der Waals surface area contributed by atoms with Gasteiger partial charge in [0.25, 0.3) is 5.91 Å². The molecule has 1 unspecified atom stereocenters. The molecule has 1 fully saturated rings. The van der Waals surface area contributed by atoms with E-state index in [-0.39, 0.29) is 31.2 Å². The quantitative estimate of drug-likeness (QED) is 0.844. The van der Waals surface area contributed by atoms with Gasteiger partial charge in [-0.05, 0) is 18.9 Å². The van der Waals surface area contributed by atoms with E-state index in [9.17, 15) is 18.4 Å². The average molecular weight is 338 g/mol. The van der Waals surface area contributed by atoms with E-state index in [0.29, 0.717) is 18.7 Å². The molecule has 128 valence electrons. The summed E-state index contributed by atoms with van der Waals surface area (Å²) >= 11 is 0. The van der Waals surface area contributed by atoms with Crippen LogP contribution in [-0.2, 0) is 16.1 Å². The molecule has 7 nitrogen and oxygen atoms in total. The van der Waals surface area contributed by atoms with Crippen LogP contribution in [0.2, 0.25) is 0 Å². The highest BCUT2D eigenvalue weighted by molar-refractivity contribution is 6.07. The zero-order valence-electron chi connectivity index (χ0n) is 12.7. The number of aliphatic imine (C=N–C) groups is 1. The number of allylic oxidation sites excluding steroid dienone is 1. The van der Waals surface area contributed by atoms with Crippen molar-refractivity contribution < 1.29 is 22.9 Å². The molecule has 1 aromatic heterocycles. The largest absolute Gasteiger partial charge is 0.346 e. The van der Waals surface area contributed by atoms with Crippen LogP contribution in [0.3, 0.4) is 0 Å². The predicted octanol–water partition coefficient (Wildman–Crippen LogP) is 1.76. The molecule has 0 bridgehead atoms. The predicted molar refractivity (Wildman–Crippen MR) is 78.4 cm³/mol. The van der Waals surface area contributed by atoms with Crippen molar-refractivity contribution in [1.29, 1.82) is 0 Å². The van der Waals surface area contributed by atoms with Crippen LogP contribution in [0.4, 0.5) is 8.78 Å². The third kappa shape index (κ3) is 3.72. The fourth-order valence-corrected chi connectivity index (χ4v) is 2.72. The van der Waals surface area contributed by atoms with Gasteiger partial charge in [-0.3, -0.25) is 9.59 Å². The number of nitrogens with one attached hydrogen (secondary N) is 1. The average Bonchev–Trinajstić information content (AvgIpc) is 3.02. The van der Waals surface area contributed by atoms with E-state index in [0.717, 1.165) is 0 Å². The zero-order chi connectivity index (χ0) is 17.2. The first-order valence-corrected chi connectivity index (χ1v) is 7.67. The molecule has 24 heavy (non-hydrogen) atoms. The lowest BCUT2D eigenvalue weighted by molar-refractivity contribution is -0.131. The molecule has 0 saturated heterocycles. The van der Waals surface area contributed by atoms with Crippen molar-refractivity contribution in [2.24, 2.45) is 10.9 Å². The van der Waals surface area contributed by atoms with E-state index in [4.69, 9.17) is 4.52 Å². The Bertz CT molecular complexity index is 689. The SMILES string of the molecule is O=C1N=CC=CC1C(=O)NCc1nc(C2CCC(F)(F)CC2)no1. The highest BCUT2D eigenvalue weighted by atomic mass is 19.3. The number of aromatic nitrogens is 2. The lowest BCUT2D eigenvalue weighted by Crippen LogP contribution is -2.34. The van der Waals surface area contributed by atoms with Gasteiger partial charge in [0.2, 0.25) is 17.7 Å². The number of halogens is 2. The Morgan fingerprint density at radius 1 is 1.38 bits per heavy atom. The van der Waals surface area contributed by atoms with Crippen LogP contribution in [0.1, 0.15) is 43.3 Å². The smallest absolute Gasteiger partial charge is 0.262 e. The molecule has 2 amide bonds. The van der Waals surface area contributed by atoms with E-state index in [1.165, 1.54) is 18.4 Å². The summed E-state index contributed by atoms with van der Waals surface area (Å²) in [6.45, 7) is -0.0317. The van der Waals surface area contributed by atoms with E-state index >= 15 is 0 Å². The zero-order valence-corrected chi connectivity index (χ0v) is 12.7. The molecule has 1 saturated carbocycles. The molecule has 0 aromatic carbocycles. The highest BCUT2D eigenvalue weighted by Gasteiger charge is 2.37. The molecule has 0 spiro atoms. The minimum absolute atomic E-state index is 0.0317. The number of dihydropyridines is 1. The monoisotopic (exact) mass is 338 g/mol. The summed E-state index contributed by atoms with van der Waals surface area (Å²) in [7, 11) is 0. The Labute approximate surface area is 136 Å². The number of carbonyl (C=O) groups is 2. The Morgan fingerprint density at radius 2 is 2.12 bits per heavy atom. The number of carbonyl (C=O) groups excluding carboxylic acids is 2. The molecule has 1 atom stereocenters. The summed E-state index contributed by atoms with van der Waals surface area (Å²) in [5, 5.41) is 6.33. The number of rotatable bonds is 4. The van der Waals surface area contributed by atoms with Gasteiger partial charge in [0.1, 0.15) is 5.92 Å². The lowest BCUT2D eigenvalue weighted by Gasteiger charge is -2.26. The van der Waals surface area contributed by atoms with Crippen LogP contribution in [0.5, 0.6) is 0 Å². The first kappa shape index (κ1) is 16.4. The molecular formula is C15H16F2N4O3. The van der Waals surface area contributed by atoms with E-state index in [1.54, 1.807) is 0 Å². The Hall–Kier alpha value is -2.45. The van der Waals surface area contributed by atoms with Gasteiger partial charge in [-0.2, -0.15) is 4.98 Å². The number of hydrogen-bond acceptors (Lipinski definition) is 5. The van der Waals surface area contributed by atoms with Gasteiger partial charge in [0, 0.05) is 25.0 Å². The lowest BCUT2D eigenvalue weighted by atomic mass is 9.86. The molecule has 9 heteroatoms. The maximum atomic E-state index is 13.2. The molecule has 0 radical (unpaired) electrons. The van der Waals surface area contributed by atoms with Crippen molar-refractivity contribution >= 4 is 18.0 Å². The van der Waals surface area contributed by atoms with Crippen molar-refractivity contribution in [2.75, 3.05) is 0 Å². The fraction of sp³-hybridized carbons (Fsp3) is 0.533. The number of amides is 2.